The van der Waals surface area contributed by atoms with Gasteiger partial charge in [0.15, 0.2) is 23.0 Å². The average Bonchev–Trinajstić information content (AvgIpc) is 2.60. The van der Waals surface area contributed by atoms with Crippen LogP contribution in [0, 0.1) is 11.3 Å². The number of nitrogens with zero attached hydrogens (tertiary/aromatic N) is 1. The summed E-state index contributed by atoms with van der Waals surface area (Å²) < 4.78 is 22.0. The van der Waals surface area contributed by atoms with E-state index in [-0.39, 0.29) is 0 Å². The van der Waals surface area contributed by atoms with Gasteiger partial charge in [-0.3, -0.25) is 0 Å². The molecule has 0 saturated carbocycles. The van der Waals surface area contributed by atoms with Gasteiger partial charge >= 0.3 is 0 Å². The van der Waals surface area contributed by atoms with Crippen molar-refractivity contribution in [1.29, 1.82) is 5.26 Å². The Morgan fingerprint density at radius 2 is 1.52 bits per heavy atom. The molecule has 2 rings (SSSR count). The third-order valence-corrected chi connectivity index (χ3v) is 3.04. The fraction of sp³-hybridized carbons (Fsp3) is 0.278. The zero-order valence-corrected chi connectivity index (χ0v) is 13.2. The van der Waals surface area contributed by atoms with Crippen molar-refractivity contribution in [1.82, 2.24) is 0 Å². The number of rotatable bonds is 8. The van der Waals surface area contributed by atoms with Gasteiger partial charge in [0.25, 0.3) is 0 Å². The lowest BCUT2D eigenvalue weighted by Gasteiger charge is -2.13. The number of benzene rings is 2. The van der Waals surface area contributed by atoms with E-state index >= 15 is 0 Å². The van der Waals surface area contributed by atoms with E-state index in [0.29, 0.717) is 48.4 Å². The Bertz CT molecular complexity index is 679. The molecule has 0 aliphatic heterocycles. The molecule has 0 spiro atoms. The Labute approximate surface area is 136 Å². The van der Waals surface area contributed by atoms with Crippen molar-refractivity contribution < 1.29 is 18.9 Å². The van der Waals surface area contributed by atoms with E-state index in [4.69, 9.17) is 24.2 Å². The first-order valence-electron chi connectivity index (χ1n) is 7.34. The van der Waals surface area contributed by atoms with Gasteiger partial charge in [0.2, 0.25) is 0 Å². The van der Waals surface area contributed by atoms with E-state index in [1.165, 1.54) is 0 Å². The van der Waals surface area contributed by atoms with Crippen molar-refractivity contribution in [2.24, 2.45) is 0 Å². The Morgan fingerprint density at radius 3 is 2.13 bits per heavy atom. The van der Waals surface area contributed by atoms with Crippen LogP contribution in [0.5, 0.6) is 23.0 Å². The van der Waals surface area contributed by atoms with Crippen LogP contribution in [0.4, 0.5) is 0 Å². The van der Waals surface area contributed by atoms with Crippen molar-refractivity contribution >= 4 is 0 Å². The number of hydrogen-bond donors (Lipinski definition) is 0. The van der Waals surface area contributed by atoms with Crippen LogP contribution < -0.4 is 18.9 Å². The lowest BCUT2D eigenvalue weighted by molar-refractivity contribution is 0.203. The summed E-state index contributed by atoms with van der Waals surface area (Å²) >= 11 is 0. The van der Waals surface area contributed by atoms with Gasteiger partial charge in [0.1, 0.15) is 13.2 Å². The molecule has 2 aromatic rings. The van der Waals surface area contributed by atoms with E-state index in [0.717, 1.165) is 0 Å². The van der Waals surface area contributed by atoms with Gasteiger partial charge in [-0.1, -0.05) is 12.1 Å². The summed E-state index contributed by atoms with van der Waals surface area (Å²) in [6.45, 7) is 3.18. The fourth-order valence-corrected chi connectivity index (χ4v) is 2.01. The van der Waals surface area contributed by atoms with Gasteiger partial charge in [-0.2, -0.15) is 5.26 Å². The lowest BCUT2D eigenvalue weighted by Crippen LogP contribution is -2.10. The number of ether oxygens (including phenoxy) is 4. The summed E-state index contributed by atoms with van der Waals surface area (Å²) in [4.78, 5) is 0. The minimum absolute atomic E-state index is 0.325. The molecule has 0 N–H and O–H groups in total. The second-order valence-electron chi connectivity index (χ2n) is 4.55. The number of methoxy groups -OCH3 is 1. The highest BCUT2D eigenvalue weighted by molar-refractivity contribution is 5.46. The summed E-state index contributed by atoms with van der Waals surface area (Å²) in [7, 11) is 1.56. The van der Waals surface area contributed by atoms with Crippen molar-refractivity contribution in [2.45, 2.75) is 6.92 Å². The minimum Gasteiger partial charge on any atom is -0.493 e. The number of nitriles is 1. The highest BCUT2D eigenvalue weighted by Crippen LogP contribution is 2.28. The molecule has 0 bridgehead atoms. The van der Waals surface area contributed by atoms with Crippen LogP contribution in [-0.4, -0.2) is 26.9 Å². The Morgan fingerprint density at radius 1 is 0.870 bits per heavy atom. The van der Waals surface area contributed by atoms with Gasteiger partial charge in [0.05, 0.1) is 25.3 Å². The molecule has 0 unspecified atom stereocenters. The predicted molar refractivity (Wildman–Crippen MR) is 86.3 cm³/mol. The first-order valence-corrected chi connectivity index (χ1v) is 7.34. The molecule has 0 amide bonds. The normalized spacial score (nSPS) is 9.78. The van der Waals surface area contributed by atoms with Crippen LogP contribution in [0.1, 0.15) is 12.5 Å². The molecular weight excluding hydrogens is 294 g/mol. The Hall–Kier alpha value is -2.87. The molecule has 0 saturated heterocycles. The Balaban J connectivity index is 1.92. The minimum atomic E-state index is 0.325. The van der Waals surface area contributed by atoms with Crippen LogP contribution in [0.25, 0.3) is 0 Å². The van der Waals surface area contributed by atoms with E-state index in [9.17, 15) is 0 Å². The van der Waals surface area contributed by atoms with E-state index in [1.807, 2.05) is 31.2 Å². The van der Waals surface area contributed by atoms with Gasteiger partial charge in [-0.25, -0.2) is 0 Å². The van der Waals surface area contributed by atoms with Crippen LogP contribution in [0.2, 0.25) is 0 Å². The van der Waals surface area contributed by atoms with Crippen LogP contribution in [0.3, 0.4) is 0 Å². The quantitative estimate of drug-likeness (QED) is 0.699. The van der Waals surface area contributed by atoms with Gasteiger partial charge < -0.3 is 18.9 Å². The topological polar surface area (TPSA) is 60.7 Å². The molecule has 0 aliphatic rings. The summed E-state index contributed by atoms with van der Waals surface area (Å²) in [5, 5.41) is 8.94. The van der Waals surface area contributed by atoms with E-state index in [2.05, 4.69) is 6.07 Å². The highest BCUT2D eigenvalue weighted by Gasteiger charge is 2.07. The number of hydrogen-bond acceptors (Lipinski definition) is 5. The molecule has 0 fully saturated rings. The van der Waals surface area contributed by atoms with Gasteiger partial charge in [-0.15, -0.1) is 0 Å². The van der Waals surface area contributed by atoms with Crippen LogP contribution in [-0.2, 0) is 0 Å². The second kappa shape index (κ2) is 8.54. The maximum atomic E-state index is 8.94. The monoisotopic (exact) mass is 313 g/mol. The first kappa shape index (κ1) is 16.5. The molecular formula is C18H19NO4. The van der Waals surface area contributed by atoms with Crippen LogP contribution in [0.15, 0.2) is 42.5 Å². The van der Waals surface area contributed by atoms with Crippen molar-refractivity contribution in [3.05, 3.63) is 48.0 Å². The molecule has 0 heterocycles. The molecule has 5 heteroatoms. The zero-order chi connectivity index (χ0) is 16.5. The summed E-state index contributed by atoms with van der Waals surface area (Å²) in [6, 6.07) is 14.6. The molecule has 5 nitrogen and oxygen atoms in total. The van der Waals surface area contributed by atoms with Crippen molar-refractivity contribution in [3.63, 3.8) is 0 Å². The van der Waals surface area contributed by atoms with E-state index in [1.54, 1.807) is 25.3 Å². The largest absolute Gasteiger partial charge is 0.493 e. The third kappa shape index (κ3) is 4.55. The van der Waals surface area contributed by atoms with Gasteiger partial charge in [-0.05, 0) is 31.2 Å². The first-order chi connectivity index (χ1) is 11.3. The predicted octanol–water partition coefficient (Wildman–Crippen LogP) is 3.42. The molecule has 120 valence electrons. The lowest BCUT2D eigenvalue weighted by atomic mass is 10.2. The number of para-hydroxylation sites is 2. The average molecular weight is 313 g/mol. The highest BCUT2D eigenvalue weighted by atomic mass is 16.5. The van der Waals surface area contributed by atoms with Gasteiger partial charge in [0, 0.05) is 6.07 Å². The third-order valence-electron chi connectivity index (χ3n) is 3.04. The standard InChI is InChI=1S/C18H19NO4/c1-3-21-16-6-4-5-7-17(16)22-10-11-23-18-12-14(13-19)8-9-15(18)20-2/h4-9,12H,3,10-11H2,1-2H3. The smallest absolute Gasteiger partial charge is 0.162 e. The Kier molecular flexibility index (Phi) is 6.13. The summed E-state index contributed by atoms with van der Waals surface area (Å²) in [5.74, 6) is 2.49. The molecule has 0 atom stereocenters. The maximum Gasteiger partial charge on any atom is 0.162 e. The molecule has 0 aromatic heterocycles. The maximum absolute atomic E-state index is 8.94. The second-order valence-corrected chi connectivity index (χ2v) is 4.55. The fourth-order valence-electron chi connectivity index (χ4n) is 2.01. The summed E-state index contributed by atoms with van der Waals surface area (Å²) in [6.07, 6.45) is 0. The van der Waals surface area contributed by atoms with Crippen molar-refractivity contribution in [3.8, 4) is 29.1 Å². The van der Waals surface area contributed by atoms with Crippen molar-refractivity contribution in [2.75, 3.05) is 26.9 Å². The molecule has 0 aliphatic carbocycles. The molecule has 23 heavy (non-hydrogen) atoms. The zero-order valence-electron chi connectivity index (χ0n) is 13.2. The van der Waals surface area contributed by atoms with E-state index < -0.39 is 0 Å². The molecule has 0 radical (unpaired) electrons. The summed E-state index contributed by atoms with van der Waals surface area (Å²) in [5.41, 5.74) is 0.517. The molecule has 2 aromatic carbocycles. The van der Waals surface area contributed by atoms with Crippen LogP contribution >= 0.6 is 0 Å². The SMILES string of the molecule is CCOc1ccccc1OCCOc1cc(C#N)ccc1OC.